The van der Waals surface area contributed by atoms with Gasteiger partial charge in [0.1, 0.15) is 23.0 Å². The lowest BCUT2D eigenvalue weighted by molar-refractivity contribution is -0.115. The zero-order valence-corrected chi connectivity index (χ0v) is 14.2. The van der Waals surface area contributed by atoms with Crippen molar-refractivity contribution in [2.45, 2.75) is 6.42 Å². The number of methoxy groups -OCH3 is 4. The molecule has 0 aromatic heterocycles. The van der Waals surface area contributed by atoms with Gasteiger partial charge in [-0.1, -0.05) is 0 Å². The van der Waals surface area contributed by atoms with Crippen LogP contribution in [0.2, 0.25) is 0 Å². The van der Waals surface area contributed by atoms with E-state index in [1.807, 2.05) is 0 Å². The average molecular weight is 331 g/mol. The van der Waals surface area contributed by atoms with Crippen LogP contribution < -0.4 is 24.3 Å². The van der Waals surface area contributed by atoms with Gasteiger partial charge in [0.15, 0.2) is 0 Å². The summed E-state index contributed by atoms with van der Waals surface area (Å²) in [6.45, 7) is 0. The summed E-state index contributed by atoms with van der Waals surface area (Å²) in [6, 6.07) is 10.5. The number of rotatable bonds is 7. The molecule has 6 heteroatoms. The van der Waals surface area contributed by atoms with Gasteiger partial charge >= 0.3 is 0 Å². The van der Waals surface area contributed by atoms with E-state index in [0.717, 1.165) is 5.56 Å². The fourth-order valence-corrected chi connectivity index (χ4v) is 2.30. The van der Waals surface area contributed by atoms with Crippen LogP contribution in [0.5, 0.6) is 23.0 Å². The van der Waals surface area contributed by atoms with Gasteiger partial charge in [-0.15, -0.1) is 0 Å². The molecule has 0 saturated carbocycles. The lowest BCUT2D eigenvalue weighted by atomic mass is 10.1. The van der Waals surface area contributed by atoms with E-state index in [9.17, 15) is 4.79 Å². The number of hydrogen-bond acceptors (Lipinski definition) is 5. The van der Waals surface area contributed by atoms with E-state index in [1.165, 1.54) is 0 Å². The molecule has 0 unspecified atom stereocenters. The van der Waals surface area contributed by atoms with Crippen LogP contribution in [0.1, 0.15) is 5.56 Å². The maximum Gasteiger partial charge on any atom is 0.229 e. The standard InChI is InChI=1S/C18H21NO5/c1-21-13-5-7-16(23-3)12(9-13)10-18(20)19-15-11-14(22-2)6-8-17(15)24-4/h5-9,11H,10H2,1-4H3,(H,19,20). The van der Waals surface area contributed by atoms with Gasteiger partial charge in [0, 0.05) is 11.6 Å². The minimum Gasteiger partial charge on any atom is -0.497 e. The summed E-state index contributed by atoms with van der Waals surface area (Å²) in [7, 11) is 6.25. The molecule has 0 saturated heterocycles. The molecule has 0 heterocycles. The fourth-order valence-electron chi connectivity index (χ4n) is 2.30. The van der Waals surface area contributed by atoms with E-state index in [0.29, 0.717) is 28.7 Å². The zero-order valence-electron chi connectivity index (χ0n) is 14.2. The first kappa shape index (κ1) is 17.5. The maximum atomic E-state index is 12.4. The number of carbonyl (C=O) groups excluding carboxylic acids is 1. The molecule has 0 aliphatic carbocycles. The number of hydrogen-bond donors (Lipinski definition) is 1. The zero-order chi connectivity index (χ0) is 17.5. The normalized spacial score (nSPS) is 10.0. The summed E-state index contributed by atoms with van der Waals surface area (Å²) in [5, 5.41) is 2.83. The van der Waals surface area contributed by atoms with Gasteiger partial charge < -0.3 is 24.3 Å². The average Bonchev–Trinajstić information content (AvgIpc) is 2.61. The Morgan fingerprint density at radius 3 is 2.00 bits per heavy atom. The highest BCUT2D eigenvalue weighted by molar-refractivity contribution is 5.94. The summed E-state index contributed by atoms with van der Waals surface area (Å²) in [5.74, 6) is 2.28. The quantitative estimate of drug-likeness (QED) is 0.845. The van der Waals surface area contributed by atoms with Crippen molar-refractivity contribution in [1.29, 1.82) is 0 Å². The number of nitrogens with one attached hydrogen (secondary N) is 1. The Hall–Kier alpha value is -2.89. The van der Waals surface area contributed by atoms with E-state index in [2.05, 4.69) is 5.32 Å². The minimum atomic E-state index is -0.201. The van der Waals surface area contributed by atoms with Gasteiger partial charge in [-0.25, -0.2) is 0 Å². The molecule has 0 radical (unpaired) electrons. The second-order valence-corrected chi connectivity index (χ2v) is 4.97. The summed E-state index contributed by atoms with van der Waals surface area (Å²) in [6.07, 6.45) is 0.140. The van der Waals surface area contributed by atoms with Crippen molar-refractivity contribution in [2.75, 3.05) is 33.8 Å². The van der Waals surface area contributed by atoms with Crippen LogP contribution in [0, 0.1) is 0 Å². The van der Waals surface area contributed by atoms with E-state index in [4.69, 9.17) is 18.9 Å². The molecule has 24 heavy (non-hydrogen) atoms. The third-order valence-corrected chi connectivity index (χ3v) is 3.52. The van der Waals surface area contributed by atoms with Gasteiger partial charge in [0.2, 0.25) is 5.91 Å². The second-order valence-electron chi connectivity index (χ2n) is 4.97. The molecule has 2 aromatic rings. The molecule has 2 rings (SSSR count). The van der Waals surface area contributed by atoms with Crippen molar-refractivity contribution in [3.05, 3.63) is 42.0 Å². The van der Waals surface area contributed by atoms with Crippen molar-refractivity contribution < 1.29 is 23.7 Å². The SMILES string of the molecule is COc1ccc(OC)c(CC(=O)Nc2cc(OC)ccc2OC)c1. The van der Waals surface area contributed by atoms with Gasteiger partial charge in [0.05, 0.1) is 40.5 Å². The second kappa shape index (κ2) is 8.10. The lowest BCUT2D eigenvalue weighted by Crippen LogP contribution is -2.15. The van der Waals surface area contributed by atoms with Crippen LogP contribution in [0.3, 0.4) is 0 Å². The number of amides is 1. The third-order valence-electron chi connectivity index (χ3n) is 3.52. The highest BCUT2D eigenvalue weighted by Crippen LogP contribution is 2.30. The Bertz CT molecular complexity index is 655. The number of anilines is 1. The minimum absolute atomic E-state index is 0.140. The van der Waals surface area contributed by atoms with Gasteiger partial charge in [-0.3, -0.25) is 4.79 Å². The van der Waals surface area contributed by atoms with Gasteiger partial charge in [-0.2, -0.15) is 0 Å². The molecule has 0 bridgehead atoms. The number of carbonyl (C=O) groups is 1. The van der Waals surface area contributed by atoms with Crippen molar-refractivity contribution in [3.8, 4) is 23.0 Å². The molecule has 128 valence electrons. The van der Waals surface area contributed by atoms with Crippen molar-refractivity contribution in [3.63, 3.8) is 0 Å². The summed E-state index contributed by atoms with van der Waals surface area (Å²) in [5.41, 5.74) is 1.28. The van der Waals surface area contributed by atoms with Crippen molar-refractivity contribution >= 4 is 11.6 Å². The van der Waals surface area contributed by atoms with Crippen LogP contribution in [0.25, 0.3) is 0 Å². The van der Waals surface area contributed by atoms with Crippen LogP contribution in [0.4, 0.5) is 5.69 Å². The molecule has 0 spiro atoms. The Labute approximate surface area is 141 Å². The largest absolute Gasteiger partial charge is 0.497 e. The van der Waals surface area contributed by atoms with Gasteiger partial charge in [0.25, 0.3) is 0 Å². The Balaban J connectivity index is 2.19. The summed E-state index contributed by atoms with van der Waals surface area (Å²) >= 11 is 0. The highest BCUT2D eigenvalue weighted by atomic mass is 16.5. The molecule has 0 aliphatic heterocycles. The first-order valence-corrected chi connectivity index (χ1v) is 7.34. The molecular weight excluding hydrogens is 310 g/mol. The van der Waals surface area contributed by atoms with E-state index >= 15 is 0 Å². The molecular formula is C18H21NO5. The molecule has 2 aromatic carbocycles. The van der Waals surface area contributed by atoms with Gasteiger partial charge in [-0.05, 0) is 30.3 Å². The van der Waals surface area contributed by atoms with E-state index < -0.39 is 0 Å². The van der Waals surface area contributed by atoms with Crippen LogP contribution >= 0.6 is 0 Å². The molecule has 1 N–H and O–H groups in total. The fraction of sp³-hybridized carbons (Fsp3) is 0.278. The maximum absolute atomic E-state index is 12.4. The first-order valence-electron chi connectivity index (χ1n) is 7.34. The van der Waals surface area contributed by atoms with Crippen LogP contribution in [-0.2, 0) is 11.2 Å². The first-order chi connectivity index (χ1) is 11.6. The molecule has 1 amide bonds. The Kier molecular flexibility index (Phi) is 5.89. The van der Waals surface area contributed by atoms with Crippen molar-refractivity contribution in [2.24, 2.45) is 0 Å². The third kappa shape index (κ3) is 4.10. The molecule has 0 atom stereocenters. The molecule has 0 fully saturated rings. The summed E-state index contributed by atoms with van der Waals surface area (Å²) < 4.78 is 20.9. The highest BCUT2D eigenvalue weighted by Gasteiger charge is 2.13. The van der Waals surface area contributed by atoms with E-state index in [1.54, 1.807) is 64.8 Å². The Morgan fingerprint density at radius 2 is 1.42 bits per heavy atom. The van der Waals surface area contributed by atoms with E-state index in [-0.39, 0.29) is 12.3 Å². The number of ether oxygens (including phenoxy) is 4. The smallest absolute Gasteiger partial charge is 0.229 e. The monoisotopic (exact) mass is 331 g/mol. The topological polar surface area (TPSA) is 66.0 Å². The molecule has 0 aliphatic rings. The van der Waals surface area contributed by atoms with Crippen LogP contribution in [0.15, 0.2) is 36.4 Å². The van der Waals surface area contributed by atoms with Crippen molar-refractivity contribution in [1.82, 2.24) is 0 Å². The Morgan fingerprint density at radius 1 is 0.833 bits per heavy atom. The lowest BCUT2D eigenvalue weighted by Gasteiger charge is -2.13. The van der Waals surface area contributed by atoms with Crippen LogP contribution in [-0.4, -0.2) is 34.3 Å². The molecule has 6 nitrogen and oxygen atoms in total. The number of benzene rings is 2. The summed E-state index contributed by atoms with van der Waals surface area (Å²) in [4.78, 5) is 12.4. The predicted molar refractivity (Wildman–Crippen MR) is 91.4 cm³/mol. The predicted octanol–water partition coefficient (Wildman–Crippen LogP) is 2.90.